The highest BCUT2D eigenvalue weighted by Gasteiger charge is 2.36. The van der Waals surface area contributed by atoms with E-state index in [1.807, 2.05) is 24.3 Å². The molecule has 3 nitrogen and oxygen atoms in total. The molecule has 1 unspecified atom stereocenters. The summed E-state index contributed by atoms with van der Waals surface area (Å²) >= 11 is 0. The molecule has 1 atom stereocenters. The van der Waals surface area contributed by atoms with Gasteiger partial charge in [-0.1, -0.05) is 26.0 Å². The van der Waals surface area contributed by atoms with Crippen molar-refractivity contribution in [2.45, 2.75) is 26.7 Å². The summed E-state index contributed by atoms with van der Waals surface area (Å²) in [6, 6.07) is 7.59. The normalized spacial score (nSPS) is 20.6. The Hall–Kier alpha value is -1.64. The van der Waals surface area contributed by atoms with E-state index in [1.54, 1.807) is 6.92 Å². The van der Waals surface area contributed by atoms with Crippen LogP contribution in [0, 0.1) is 5.92 Å². The summed E-state index contributed by atoms with van der Waals surface area (Å²) < 4.78 is 0. The Morgan fingerprint density at radius 3 is 2.31 bits per heavy atom. The van der Waals surface area contributed by atoms with Crippen molar-refractivity contribution in [3.63, 3.8) is 0 Å². The number of imide groups is 1. The second kappa shape index (κ2) is 4.08. The van der Waals surface area contributed by atoms with Crippen molar-refractivity contribution in [1.82, 2.24) is 0 Å². The van der Waals surface area contributed by atoms with Gasteiger partial charge in [0.25, 0.3) is 0 Å². The minimum Gasteiger partial charge on any atom is -0.274 e. The third-order valence-corrected chi connectivity index (χ3v) is 2.97. The molecule has 0 N–H and O–H groups in total. The van der Waals surface area contributed by atoms with Crippen LogP contribution in [0.1, 0.15) is 25.8 Å². The van der Waals surface area contributed by atoms with E-state index >= 15 is 0 Å². The van der Waals surface area contributed by atoms with Gasteiger partial charge in [-0.05, 0) is 24.1 Å². The quantitative estimate of drug-likeness (QED) is 0.712. The Labute approximate surface area is 95.1 Å². The monoisotopic (exact) mass is 217 g/mol. The Balaban J connectivity index is 2.30. The largest absolute Gasteiger partial charge is 0.274 e. The molecule has 1 saturated heterocycles. The Kier molecular flexibility index (Phi) is 2.77. The van der Waals surface area contributed by atoms with Gasteiger partial charge in [-0.3, -0.25) is 14.5 Å². The van der Waals surface area contributed by atoms with E-state index in [4.69, 9.17) is 0 Å². The first-order valence-electron chi connectivity index (χ1n) is 5.59. The minimum atomic E-state index is -0.182. The van der Waals surface area contributed by atoms with Gasteiger partial charge in [-0.25, -0.2) is 0 Å². The van der Waals surface area contributed by atoms with Crippen LogP contribution in [0.5, 0.6) is 0 Å². The lowest BCUT2D eigenvalue weighted by Gasteiger charge is -2.14. The van der Waals surface area contributed by atoms with Gasteiger partial charge >= 0.3 is 0 Å². The van der Waals surface area contributed by atoms with Gasteiger partial charge in [-0.15, -0.1) is 0 Å². The molecule has 0 radical (unpaired) electrons. The van der Waals surface area contributed by atoms with Gasteiger partial charge < -0.3 is 0 Å². The van der Waals surface area contributed by atoms with E-state index in [-0.39, 0.29) is 17.7 Å². The molecular formula is C13H15NO2. The highest BCUT2D eigenvalue weighted by atomic mass is 16.2. The Morgan fingerprint density at radius 1 is 1.25 bits per heavy atom. The molecule has 0 bridgehead atoms. The second-order valence-electron chi connectivity index (χ2n) is 4.19. The third-order valence-electron chi connectivity index (χ3n) is 2.97. The molecule has 0 spiro atoms. The van der Waals surface area contributed by atoms with Crippen molar-refractivity contribution in [2.24, 2.45) is 5.92 Å². The van der Waals surface area contributed by atoms with E-state index in [0.717, 1.165) is 6.42 Å². The predicted octanol–water partition coefficient (Wildman–Crippen LogP) is 2.15. The van der Waals surface area contributed by atoms with Crippen molar-refractivity contribution in [1.29, 1.82) is 0 Å². The molecule has 1 aromatic rings. The predicted molar refractivity (Wildman–Crippen MR) is 62.1 cm³/mol. The average Bonchev–Trinajstić information content (AvgIpc) is 2.54. The number of carbonyl (C=O) groups excluding carboxylic acids is 2. The molecule has 0 aromatic heterocycles. The van der Waals surface area contributed by atoms with Crippen LogP contribution in [0.15, 0.2) is 24.3 Å². The second-order valence-corrected chi connectivity index (χ2v) is 4.19. The molecule has 84 valence electrons. The zero-order chi connectivity index (χ0) is 11.7. The number of hydrogen-bond donors (Lipinski definition) is 0. The standard InChI is InChI=1S/C13H15NO2/c1-3-10-4-6-11(7-5-10)14-12(15)8-9(2)13(14)16/h4-7,9H,3,8H2,1-2H3. The molecule has 0 saturated carbocycles. The molecular weight excluding hydrogens is 202 g/mol. The number of rotatable bonds is 2. The summed E-state index contributed by atoms with van der Waals surface area (Å²) in [6.07, 6.45) is 1.28. The summed E-state index contributed by atoms with van der Waals surface area (Å²) in [6.45, 7) is 3.86. The van der Waals surface area contributed by atoms with Crippen LogP contribution in [-0.2, 0) is 16.0 Å². The number of carbonyl (C=O) groups is 2. The molecule has 2 rings (SSSR count). The summed E-state index contributed by atoms with van der Waals surface area (Å²) in [7, 11) is 0. The Morgan fingerprint density at radius 2 is 1.88 bits per heavy atom. The van der Waals surface area contributed by atoms with Crippen molar-refractivity contribution in [3.8, 4) is 0 Å². The first-order valence-corrected chi connectivity index (χ1v) is 5.59. The molecule has 1 heterocycles. The van der Waals surface area contributed by atoms with Gasteiger partial charge in [0.05, 0.1) is 5.69 Å². The molecule has 2 amide bonds. The van der Waals surface area contributed by atoms with Crippen LogP contribution in [0.3, 0.4) is 0 Å². The zero-order valence-corrected chi connectivity index (χ0v) is 9.56. The van der Waals surface area contributed by atoms with Gasteiger partial charge in [0, 0.05) is 12.3 Å². The van der Waals surface area contributed by atoms with E-state index in [0.29, 0.717) is 12.1 Å². The third kappa shape index (κ3) is 1.73. The lowest BCUT2D eigenvalue weighted by molar-refractivity contribution is -0.122. The van der Waals surface area contributed by atoms with E-state index in [1.165, 1.54) is 10.5 Å². The van der Waals surface area contributed by atoms with Gasteiger partial charge in [-0.2, -0.15) is 0 Å². The fourth-order valence-corrected chi connectivity index (χ4v) is 1.94. The lowest BCUT2D eigenvalue weighted by Crippen LogP contribution is -2.29. The number of hydrogen-bond acceptors (Lipinski definition) is 2. The van der Waals surface area contributed by atoms with Crippen LogP contribution < -0.4 is 4.90 Å². The smallest absolute Gasteiger partial charge is 0.237 e. The number of nitrogens with zero attached hydrogens (tertiary/aromatic N) is 1. The minimum absolute atomic E-state index is 0.0887. The van der Waals surface area contributed by atoms with E-state index < -0.39 is 0 Å². The van der Waals surface area contributed by atoms with Gasteiger partial charge in [0.2, 0.25) is 11.8 Å². The van der Waals surface area contributed by atoms with Gasteiger partial charge in [0.15, 0.2) is 0 Å². The maximum atomic E-state index is 11.8. The highest BCUT2D eigenvalue weighted by molar-refractivity contribution is 6.20. The van der Waals surface area contributed by atoms with Crippen LogP contribution in [0.4, 0.5) is 5.69 Å². The van der Waals surface area contributed by atoms with Crippen LogP contribution in [0.25, 0.3) is 0 Å². The molecule has 1 aliphatic heterocycles. The van der Waals surface area contributed by atoms with E-state index in [9.17, 15) is 9.59 Å². The summed E-state index contributed by atoms with van der Waals surface area (Å²) in [5, 5.41) is 0. The fraction of sp³-hybridized carbons (Fsp3) is 0.385. The molecule has 1 aliphatic rings. The molecule has 16 heavy (non-hydrogen) atoms. The topological polar surface area (TPSA) is 37.4 Å². The highest BCUT2D eigenvalue weighted by Crippen LogP contribution is 2.26. The van der Waals surface area contributed by atoms with Crippen molar-refractivity contribution in [2.75, 3.05) is 4.90 Å². The average molecular weight is 217 g/mol. The maximum absolute atomic E-state index is 11.8. The van der Waals surface area contributed by atoms with Crippen molar-refractivity contribution < 1.29 is 9.59 Å². The molecule has 0 aliphatic carbocycles. The summed E-state index contributed by atoms with van der Waals surface area (Å²) in [5.41, 5.74) is 1.90. The molecule has 1 aromatic carbocycles. The lowest BCUT2D eigenvalue weighted by atomic mass is 10.1. The van der Waals surface area contributed by atoms with Crippen molar-refractivity contribution in [3.05, 3.63) is 29.8 Å². The SMILES string of the molecule is CCc1ccc(N2C(=O)CC(C)C2=O)cc1. The number of amides is 2. The first-order chi connectivity index (χ1) is 7.63. The number of aryl methyl sites for hydroxylation is 1. The Bertz CT molecular complexity index is 422. The van der Waals surface area contributed by atoms with Gasteiger partial charge in [0.1, 0.15) is 0 Å². The molecule has 3 heteroatoms. The summed E-state index contributed by atoms with van der Waals surface area (Å²) in [5.74, 6) is -0.366. The van der Waals surface area contributed by atoms with Crippen LogP contribution >= 0.6 is 0 Å². The maximum Gasteiger partial charge on any atom is 0.237 e. The van der Waals surface area contributed by atoms with Crippen LogP contribution in [0.2, 0.25) is 0 Å². The first kappa shape index (κ1) is 10.9. The van der Waals surface area contributed by atoms with Crippen LogP contribution in [-0.4, -0.2) is 11.8 Å². The van der Waals surface area contributed by atoms with Crippen molar-refractivity contribution >= 4 is 17.5 Å². The fourth-order valence-electron chi connectivity index (χ4n) is 1.94. The number of anilines is 1. The summed E-state index contributed by atoms with van der Waals surface area (Å²) in [4.78, 5) is 24.7. The van der Waals surface area contributed by atoms with E-state index in [2.05, 4.69) is 6.92 Å². The zero-order valence-electron chi connectivity index (χ0n) is 9.56. The molecule has 1 fully saturated rings. The number of benzene rings is 1.